The molecule has 3 rings (SSSR count). The summed E-state index contributed by atoms with van der Waals surface area (Å²) in [5, 5.41) is 3.34. The summed E-state index contributed by atoms with van der Waals surface area (Å²) in [5.74, 6) is -0.373. The van der Waals surface area contributed by atoms with E-state index in [1.54, 1.807) is 38.1 Å². The summed E-state index contributed by atoms with van der Waals surface area (Å²) < 4.78 is 35.4. The number of thiophene rings is 1. The first-order valence-corrected chi connectivity index (χ1v) is 13.1. The fourth-order valence-electron chi connectivity index (χ4n) is 3.47. The van der Waals surface area contributed by atoms with Crippen LogP contribution in [0.5, 0.6) is 5.75 Å². The van der Waals surface area contributed by atoms with Crippen molar-refractivity contribution in [2.75, 3.05) is 29.5 Å². The van der Waals surface area contributed by atoms with Crippen LogP contribution in [-0.4, -0.2) is 46.3 Å². The van der Waals surface area contributed by atoms with Gasteiger partial charge in [0.1, 0.15) is 10.8 Å². The molecule has 1 N–H and O–H groups in total. The van der Waals surface area contributed by atoms with Crippen molar-refractivity contribution in [3.63, 3.8) is 0 Å². The molecule has 1 heterocycles. The Hall–Kier alpha value is -2.59. The second-order valence-corrected chi connectivity index (χ2v) is 10.7. The third-order valence-corrected chi connectivity index (χ3v) is 7.68. The van der Waals surface area contributed by atoms with Crippen molar-refractivity contribution in [2.45, 2.75) is 45.6 Å². The van der Waals surface area contributed by atoms with Gasteiger partial charge in [-0.1, -0.05) is 0 Å². The lowest BCUT2D eigenvalue weighted by Crippen LogP contribution is -2.30. The zero-order chi connectivity index (χ0) is 23.5. The molecule has 1 amide bonds. The van der Waals surface area contributed by atoms with Crippen molar-refractivity contribution >= 4 is 43.9 Å². The Morgan fingerprint density at radius 2 is 1.84 bits per heavy atom. The summed E-state index contributed by atoms with van der Waals surface area (Å²) in [5.41, 5.74) is 1.93. The molecule has 0 aliphatic heterocycles. The molecule has 0 radical (unpaired) electrons. The number of carbonyl (C=O) groups excluding carboxylic acids is 2. The van der Waals surface area contributed by atoms with E-state index in [9.17, 15) is 18.0 Å². The number of hydrogen-bond acceptors (Lipinski definition) is 7. The maximum atomic E-state index is 12.8. The number of carbonyl (C=O) groups is 2. The molecule has 0 bridgehead atoms. The third-order valence-electron chi connectivity index (χ3n) is 5.27. The second kappa shape index (κ2) is 9.91. The number of aryl methyl sites for hydroxylation is 1. The molecule has 1 aromatic heterocycles. The standard InChI is InChI=1S/C22H28N2O6S2/c1-5-29-22(26)19-17-8-6-7-9-18(17)31-21(19)23-20(25)14(2)30-16-12-10-15(11-13-16)24(3)32(4,27)28/h10-14H,5-9H2,1-4H3,(H,23,25)/t14-/m1/s1. The maximum absolute atomic E-state index is 12.8. The molecule has 0 unspecified atom stereocenters. The average molecular weight is 481 g/mol. The van der Waals surface area contributed by atoms with Gasteiger partial charge in [0, 0.05) is 11.9 Å². The molecule has 174 valence electrons. The fourth-order valence-corrected chi connectivity index (χ4v) is 5.26. The number of nitrogens with zero attached hydrogens (tertiary/aromatic N) is 1. The minimum absolute atomic E-state index is 0.265. The van der Waals surface area contributed by atoms with Gasteiger partial charge in [-0.15, -0.1) is 11.3 Å². The van der Waals surface area contributed by atoms with Crippen LogP contribution in [0.1, 0.15) is 47.5 Å². The van der Waals surface area contributed by atoms with E-state index in [1.165, 1.54) is 18.4 Å². The molecule has 1 aliphatic carbocycles. The van der Waals surface area contributed by atoms with Gasteiger partial charge in [-0.3, -0.25) is 9.10 Å². The number of rotatable bonds is 8. The van der Waals surface area contributed by atoms with Crippen LogP contribution in [0, 0.1) is 0 Å². The Kier molecular flexibility index (Phi) is 7.45. The summed E-state index contributed by atoms with van der Waals surface area (Å²) in [7, 11) is -1.90. The zero-order valence-electron chi connectivity index (χ0n) is 18.6. The normalized spacial score (nSPS) is 14.2. The van der Waals surface area contributed by atoms with E-state index in [2.05, 4.69) is 5.32 Å². The number of hydrogen-bond donors (Lipinski definition) is 1. The molecule has 10 heteroatoms. The van der Waals surface area contributed by atoms with Crippen molar-refractivity contribution in [2.24, 2.45) is 0 Å². The van der Waals surface area contributed by atoms with Crippen LogP contribution in [0.2, 0.25) is 0 Å². The van der Waals surface area contributed by atoms with Crippen LogP contribution in [0.25, 0.3) is 0 Å². The third kappa shape index (κ3) is 5.42. The van der Waals surface area contributed by atoms with Gasteiger partial charge in [-0.05, 0) is 69.4 Å². The number of benzene rings is 1. The summed E-state index contributed by atoms with van der Waals surface area (Å²) in [6.07, 6.45) is 4.05. The first kappa shape index (κ1) is 24.1. The summed E-state index contributed by atoms with van der Waals surface area (Å²) >= 11 is 1.42. The van der Waals surface area contributed by atoms with E-state index < -0.39 is 22.1 Å². The van der Waals surface area contributed by atoms with Crippen molar-refractivity contribution in [3.05, 3.63) is 40.3 Å². The Balaban J connectivity index is 1.72. The highest BCUT2D eigenvalue weighted by molar-refractivity contribution is 7.92. The largest absolute Gasteiger partial charge is 0.481 e. The number of sulfonamides is 1. The van der Waals surface area contributed by atoms with E-state index in [0.29, 0.717) is 22.0 Å². The molecular formula is C22H28N2O6S2. The van der Waals surface area contributed by atoms with Crippen LogP contribution in [0.3, 0.4) is 0 Å². The van der Waals surface area contributed by atoms with Crippen molar-refractivity contribution in [3.8, 4) is 5.75 Å². The van der Waals surface area contributed by atoms with Gasteiger partial charge in [0.15, 0.2) is 6.10 Å². The first-order valence-electron chi connectivity index (χ1n) is 10.4. The quantitative estimate of drug-likeness (QED) is 0.579. The van der Waals surface area contributed by atoms with Crippen molar-refractivity contribution in [1.82, 2.24) is 0 Å². The maximum Gasteiger partial charge on any atom is 0.341 e. The predicted octanol–water partition coefficient (Wildman–Crippen LogP) is 3.61. The van der Waals surface area contributed by atoms with Crippen LogP contribution in [0.4, 0.5) is 10.7 Å². The number of fused-ring (bicyclic) bond motifs is 1. The highest BCUT2D eigenvalue weighted by atomic mass is 32.2. The van der Waals surface area contributed by atoms with E-state index in [-0.39, 0.29) is 12.5 Å². The Bertz CT molecular complexity index is 1090. The predicted molar refractivity (Wildman–Crippen MR) is 125 cm³/mol. The van der Waals surface area contributed by atoms with E-state index in [1.807, 2.05) is 0 Å². The Labute approximate surface area is 192 Å². The minimum Gasteiger partial charge on any atom is -0.481 e. The number of anilines is 2. The van der Waals surface area contributed by atoms with Gasteiger partial charge in [0.05, 0.1) is 24.1 Å². The van der Waals surface area contributed by atoms with Crippen LogP contribution in [0.15, 0.2) is 24.3 Å². The van der Waals surface area contributed by atoms with Crippen molar-refractivity contribution in [1.29, 1.82) is 0 Å². The minimum atomic E-state index is -3.37. The molecule has 0 saturated heterocycles. The number of amides is 1. The number of ether oxygens (including phenoxy) is 2. The smallest absolute Gasteiger partial charge is 0.341 e. The molecular weight excluding hydrogens is 452 g/mol. The molecule has 32 heavy (non-hydrogen) atoms. The average Bonchev–Trinajstić information content (AvgIpc) is 3.11. The van der Waals surface area contributed by atoms with E-state index in [0.717, 1.165) is 46.7 Å². The van der Waals surface area contributed by atoms with Crippen LogP contribution < -0.4 is 14.4 Å². The molecule has 1 aromatic carbocycles. The molecule has 0 spiro atoms. The number of nitrogens with one attached hydrogen (secondary N) is 1. The monoisotopic (exact) mass is 480 g/mol. The van der Waals surface area contributed by atoms with Crippen LogP contribution in [-0.2, 0) is 32.4 Å². The van der Waals surface area contributed by atoms with Gasteiger partial charge in [-0.25, -0.2) is 13.2 Å². The lowest BCUT2D eigenvalue weighted by molar-refractivity contribution is -0.122. The Morgan fingerprint density at radius 1 is 1.19 bits per heavy atom. The summed E-state index contributed by atoms with van der Waals surface area (Å²) in [4.78, 5) is 26.5. The molecule has 1 atom stereocenters. The molecule has 8 nitrogen and oxygen atoms in total. The van der Waals surface area contributed by atoms with Gasteiger partial charge in [0.2, 0.25) is 10.0 Å². The Morgan fingerprint density at radius 3 is 2.47 bits per heavy atom. The zero-order valence-corrected chi connectivity index (χ0v) is 20.3. The highest BCUT2D eigenvalue weighted by Gasteiger charge is 2.28. The molecule has 2 aromatic rings. The lowest BCUT2D eigenvalue weighted by atomic mass is 9.95. The van der Waals surface area contributed by atoms with Crippen molar-refractivity contribution < 1.29 is 27.5 Å². The molecule has 1 aliphatic rings. The fraction of sp³-hybridized carbons (Fsp3) is 0.455. The lowest BCUT2D eigenvalue weighted by Gasteiger charge is -2.18. The van der Waals surface area contributed by atoms with Crippen LogP contribution >= 0.6 is 11.3 Å². The summed E-state index contributed by atoms with van der Waals surface area (Å²) in [6.45, 7) is 3.63. The van der Waals surface area contributed by atoms with E-state index in [4.69, 9.17) is 9.47 Å². The van der Waals surface area contributed by atoms with Gasteiger partial charge >= 0.3 is 5.97 Å². The second-order valence-electron chi connectivity index (χ2n) is 7.61. The highest BCUT2D eigenvalue weighted by Crippen LogP contribution is 2.38. The summed E-state index contributed by atoms with van der Waals surface area (Å²) in [6, 6.07) is 6.42. The van der Waals surface area contributed by atoms with Gasteiger partial charge in [-0.2, -0.15) is 0 Å². The van der Waals surface area contributed by atoms with Gasteiger partial charge in [0.25, 0.3) is 5.91 Å². The SMILES string of the molecule is CCOC(=O)c1c(NC(=O)[C@@H](C)Oc2ccc(N(C)S(C)(=O)=O)cc2)sc2c1CCCC2. The molecule has 0 fully saturated rings. The topological polar surface area (TPSA) is 102 Å². The molecule has 0 saturated carbocycles. The first-order chi connectivity index (χ1) is 15.1. The number of esters is 1. The van der Waals surface area contributed by atoms with E-state index >= 15 is 0 Å². The van der Waals surface area contributed by atoms with Gasteiger partial charge < -0.3 is 14.8 Å².